The summed E-state index contributed by atoms with van der Waals surface area (Å²) < 4.78 is 69.0. The van der Waals surface area contributed by atoms with E-state index in [9.17, 15) is 36.2 Å². The van der Waals surface area contributed by atoms with Crippen LogP contribution in [0, 0.1) is 0 Å². The number of hydrogen-bond acceptors (Lipinski definition) is 7. The monoisotopic (exact) mass is 553 g/mol. The van der Waals surface area contributed by atoms with Crippen molar-refractivity contribution >= 4 is 17.9 Å². The third-order valence-corrected chi connectivity index (χ3v) is 5.37. The normalized spacial score (nSPS) is 17.3. The fourth-order valence-corrected chi connectivity index (χ4v) is 3.64. The van der Waals surface area contributed by atoms with Gasteiger partial charge in [-0.3, -0.25) is 14.9 Å². The Morgan fingerprint density at radius 2 is 1.53 bits per heavy atom. The van der Waals surface area contributed by atoms with Crippen LogP contribution in [0.1, 0.15) is 27.9 Å². The molecule has 1 unspecified atom stereocenters. The number of aromatic nitrogens is 2. The first-order valence-electron chi connectivity index (χ1n) is 10.7. The minimum absolute atomic E-state index is 0.334. The average molecular weight is 553 g/mol. The van der Waals surface area contributed by atoms with Gasteiger partial charge in [0.15, 0.2) is 0 Å². The van der Waals surface area contributed by atoms with E-state index in [1.165, 1.54) is 0 Å². The molecule has 10 nitrogen and oxygen atoms in total. The van der Waals surface area contributed by atoms with Crippen LogP contribution in [0.25, 0.3) is 11.3 Å². The molecule has 0 bridgehead atoms. The van der Waals surface area contributed by atoms with Gasteiger partial charge in [0.1, 0.15) is 0 Å². The van der Waals surface area contributed by atoms with Crippen molar-refractivity contribution in [3.8, 4) is 11.3 Å². The van der Waals surface area contributed by atoms with Crippen LogP contribution in [-0.4, -0.2) is 86.2 Å². The van der Waals surface area contributed by atoms with Gasteiger partial charge in [0.05, 0.1) is 17.9 Å². The van der Waals surface area contributed by atoms with Gasteiger partial charge in [0.25, 0.3) is 0 Å². The summed E-state index contributed by atoms with van der Waals surface area (Å²) in [6, 6.07) is 4.03. The zero-order valence-corrected chi connectivity index (χ0v) is 19.3. The SMILES string of the molecule is O=C(O)C(F)(F)F.O=C(O)C(F)(F)F.O=C(O)c1c(-c2ccncc2)ncc2c1CCN(C1CCOC1)C2. The molecule has 0 aromatic carbocycles. The number of pyridine rings is 2. The molecule has 1 atom stereocenters. The number of carboxylic acids is 3. The maximum atomic E-state index is 11.9. The molecule has 0 amide bonds. The number of nitrogens with zero attached hydrogens (tertiary/aromatic N) is 3. The number of carbonyl (C=O) groups is 3. The van der Waals surface area contributed by atoms with E-state index in [2.05, 4.69) is 14.9 Å². The molecule has 1 saturated heterocycles. The van der Waals surface area contributed by atoms with Gasteiger partial charge in [0.2, 0.25) is 0 Å². The van der Waals surface area contributed by atoms with E-state index < -0.39 is 30.3 Å². The Morgan fingerprint density at radius 1 is 0.974 bits per heavy atom. The molecule has 0 spiro atoms. The van der Waals surface area contributed by atoms with Crippen molar-refractivity contribution in [2.24, 2.45) is 0 Å². The van der Waals surface area contributed by atoms with E-state index in [1.807, 2.05) is 6.20 Å². The Kier molecular flexibility index (Phi) is 10.1. The first-order valence-corrected chi connectivity index (χ1v) is 10.7. The minimum Gasteiger partial charge on any atom is -0.478 e. The fourth-order valence-electron chi connectivity index (χ4n) is 3.64. The molecule has 4 rings (SSSR count). The van der Waals surface area contributed by atoms with E-state index >= 15 is 0 Å². The molecule has 0 radical (unpaired) electrons. The first kappa shape index (κ1) is 30.4. The second-order valence-corrected chi connectivity index (χ2v) is 7.87. The Labute approximate surface area is 210 Å². The highest BCUT2D eigenvalue weighted by atomic mass is 19.4. The lowest BCUT2D eigenvalue weighted by Gasteiger charge is -2.33. The van der Waals surface area contributed by atoms with Crippen molar-refractivity contribution < 1.29 is 60.8 Å². The van der Waals surface area contributed by atoms with Gasteiger partial charge in [-0.05, 0) is 36.1 Å². The van der Waals surface area contributed by atoms with E-state index in [0.29, 0.717) is 17.3 Å². The molecular weight excluding hydrogens is 532 g/mol. The topological polar surface area (TPSA) is 150 Å². The number of aliphatic carboxylic acids is 2. The molecule has 2 aliphatic rings. The molecule has 4 heterocycles. The molecule has 0 saturated carbocycles. The molecule has 1 fully saturated rings. The highest BCUT2D eigenvalue weighted by Crippen LogP contribution is 2.31. The van der Waals surface area contributed by atoms with E-state index in [-0.39, 0.29) is 0 Å². The van der Waals surface area contributed by atoms with Gasteiger partial charge < -0.3 is 20.1 Å². The fraction of sp³-hybridized carbons (Fsp3) is 0.409. The van der Waals surface area contributed by atoms with Gasteiger partial charge in [-0.1, -0.05) is 0 Å². The standard InChI is InChI=1S/C18H19N3O3.2C2HF3O2/c22-18(23)16-15-3-7-21(14-4-8-24-11-14)10-13(15)9-20-17(16)12-1-5-19-6-2-12;2*3-2(4,5)1(6)7/h1-2,5-6,9,14H,3-4,7-8,10-11H2,(H,22,23);2*(H,6,7). The highest BCUT2D eigenvalue weighted by Gasteiger charge is 2.39. The van der Waals surface area contributed by atoms with Crippen LogP contribution in [0.15, 0.2) is 30.7 Å². The van der Waals surface area contributed by atoms with Gasteiger partial charge in [-0.25, -0.2) is 14.4 Å². The number of fused-ring (bicyclic) bond motifs is 1. The van der Waals surface area contributed by atoms with Crippen molar-refractivity contribution in [2.75, 3.05) is 19.8 Å². The van der Waals surface area contributed by atoms with Crippen LogP contribution in [-0.2, 0) is 27.3 Å². The van der Waals surface area contributed by atoms with Crippen molar-refractivity contribution in [3.05, 3.63) is 47.4 Å². The molecule has 38 heavy (non-hydrogen) atoms. The number of ether oxygens (including phenoxy) is 1. The van der Waals surface area contributed by atoms with Crippen molar-refractivity contribution in [2.45, 2.75) is 37.8 Å². The van der Waals surface area contributed by atoms with E-state index in [4.69, 9.17) is 24.5 Å². The maximum Gasteiger partial charge on any atom is 0.490 e. The molecule has 16 heteroatoms. The lowest BCUT2D eigenvalue weighted by molar-refractivity contribution is -0.193. The van der Waals surface area contributed by atoms with Crippen LogP contribution in [0.2, 0.25) is 0 Å². The Balaban J connectivity index is 0.000000301. The van der Waals surface area contributed by atoms with Crippen LogP contribution in [0.4, 0.5) is 26.3 Å². The summed E-state index contributed by atoms with van der Waals surface area (Å²) in [5.74, 6) is -6.43. The predicted octanol–water partition coefficient (Wildman–Crippen LogP) is 3.26. The summed E-state index contributed by atoms with van der Waals surface area (Å²) in [5, 5.41) is 24.0. The largest absolute Gasteiger partial charge is 0.490 e. The lowest BCUT2D eigenvalue weighted by atomic mass is 9.92. The minimum atomic E-state index is -5.08. The summed E-state index contributed by atoms with van der Waals surface area (Å²) in [6.07, 6.45) is -3.24. The Morgan fingerprint density at radius 3 is 1.97 bits per heavy atom. The highest BCUT2D eigenvalue weighted by molar-refractivity contribution is 5.96. The lowest BCUT2D eigenvalue weighted by Crippen LogP contribution is -2.40. The van der Waals surface area contributed by atoms with E-state index in [0.717, 1.165) is 55.8 Å². The van der Waals surface area contributed by atoms with Crippen molar-refractivity contribution in [1.82, 2.24) is 14.9 Å². The average Bonchev–Trinajstić information content (AvgIpc) is 3.38. The quantitative estimate of drug-likeness (QED) is 0.484. The number of alkyl halides is 6. The molecule has 2 aliphatic heterocycles. The zero-order valence-electron chi connectivity index (χ0n) is 19.3. The Hall–Kier alpha value is -3.79. The van der Waals surface area contributed by atoms with E-state index in [1.54, 1.807) is 24.5 Å². The van der Waals surface area contributed by atoms with Crippen LogP contribution in [0.5, 0.6) is 0 Å². The van der Waals surface area contributed by atoms with Gasteiger partial charge in [-0.15, -0.1) is 0 Å². The molecule has 3 N–H and O–H groups in total. The summed E-state index contributed by atoms with van der Waals surface area (Å²) in [5.41, 5.74) is 3.59. The van der Waals surface area contributed by atoms with Gasteiger partial charge >= 0.3 is 30.3 Å². The van der Waals surface area contributed by atoms with Gasteiger partial charge in [0, 0.05) is 49.9 Å². The number of carboxylic acid groups (broad SMARTS) is 3. The Bertz CT molecular complexity index is 1110. The summed E-state index contributed by atoms with van der Waals surface area (Å²) >= 11 is 0. The number of aromatic carboxylic acids is 1. The van der Waals surface area contributed by atoms with Crippen LogP contribution >= 0.6 is 0 Å². The number of halogens is 6. The summed E-state index contributed by atoms with van der Waals surface area (Å²) in [6.45, 7) is 3.19. The zero-order chi connectivity index (χ0) is 28.7. The molecule has 0 aliphatic carbocycles. The number of rotatable bonds is 3. The number of hydrogen-bond donors (Lipinski definition) is 3. The second-order valence-electron chi connectivity index (χ2n) is 7.87. The maximum absolute atomic E-state index is 11.9. The molecule has 208 valence electrons. The predicted molar refractivity (Wildman–Crippen MR) is 115 cm³/mol. The smallest absolute Gasteiger partial charge is 0.478 e. The molecule has 2 aromatic heterocycles. The molecule has 2 aromatic rings. The first-order chi connectivity index (χ1) is 17.6. The molecular formula is C22H21F6N3O7. The second kappa shape index (κ2) is 12.6. The van der Waals surface area contributed by atoms with Crippen LogP contribution in [0.3, 0.4) is 0 Å². The third kappa shape index (κ3) is 8.37. The van der Waals surface area contributed by atoms with Crippen LogP contribution < -0.4 is 0 Å². The summed E-state index contributed by atoms with van der Waals surface area (Å²) in [4.78, 5) is 40.6. The summed E-state index contributed by atoms with van der Waals surface area (Å²) in [7, 11) is 0. The third-order valence-electron chi connectivity index (χ3n) is 5.37. The van der Waals surface area contributed by atoms with Crippen molar-refractivity contribution in [1.29, 1.82) is 0 Å². The van der Waals surface area contributed by atoms with Gasteiger partial charge in [-0.2, -0.15) is 26.3 Å². The van der Waals surface area contributed by atoms with Crippen molar-refractivity contribution in [3.63, 3.8) is 0 Å².